The Labute approximate surface area is 205 Å². The predicted octanol–water partition coefficient (Wildman–Crippen LogP) is 10.5. The van der Waals surface area contributed by atoms with Crippen molar-refractivity contribution in [3.8, 4) is 0 Å². The molecule has 0 saturated carbocycles. The summed E-state index contributed by atoms with van der Waals surface area (Å²) in [4.78, 5) is 0. The number of unbranched alkanes of at least 4 members (excludes halogenated alkanes) is 6. The van der Waals surface area contributed by atoms with Gasteiger partial charge in [0.1, 0.15) is 0 Å². The zero-order valence-electron chi connectivity index (χ0n) is 21.0. The van der Waals surface area contributed by atoms with Gasteiger partial charge >= 0.3 is 0 Å². The van der Waals surface area contributed by atoms with E-state index in [2.05, 4.69) is 86.6 Å². The second-order valence-corrected chi connectivity index (χ2v) is 10.1. The fourth-order valence-electron chi connectivity index (χ4n) is 5.62. The molecule has 5 rings (SSSR count). The van der Waals surface area contributed by atoms with Crippen molar-refractivity contribution in [2.45, 2.75) is 78.1 Å². The van der Waals surface area contributed by atoms with E-state index in [1.807, 2.05) is 0 Å². The van der Waals surface area contributed by atoms with Crippen LogP contribution in [0.3, 0.4) is 0 Å². The highest BCUT2D eigenvalue weighted by molar-refractivity contribution is 6.08. The first kappa shape index (κ1) is 22.9. The normalized spacial score (nSPS) is 11.8. The van der Waals surface area contributed by atoms with E-state index in [9.17, 15) is 0 Å². The molecule has 0 aromatic heterocycles. The number of fused-ring (bicyclic) bond motifs is 4. The maximum atomic E-state index is 2.49. The second kappa shape index (κ2) is 10.6. The second-order valence-electron chi connectivity index (χ2n) is 10.1. The van der Waals surface area contributed by atoms with E-state index in [1.165, 1.54) is 107 Å². The SMILES string of the molecule is CCCCCCc1ccc2cc3cc4cc5ccccc5cc4cc3cc2c1CCCCCC. The molecule has 0 aliphatic rings. The van der Waals surface area contributed by atoms with Gasteiger partial charge in [-0.05, 0) is 116 Å². The fourth-order valence-corrected chi connectivity index (χ4v) is 5.62. The lowest BCUT2D eigenvalue weighted by atomic mass is 9.89. The molecule has 0 aliphatic carbocycles. The number of hydrogen-bond acceptors (Lipinski definition) is 0. The van der Waals surface area contributed by atoms with Crippen LogP contribution in [0.25, 0.3) is 43.1 Å². The van der Waals surface area contributed by atoms with Crippen molar-refractivity contribution in [2.24, 2.45) is 0 Å². The van der Waals surface area contributed by atoms with Crippen molar-refractivity contribution in [3.05, 3.63) is 83.9 Å². The molecule has 0 saturated heterocycles. The largest absolute Gasteiger partial charge is 0.0654 e. The van der Waals surface area contributed by atoms with Crippen LogP contribution in [0.2, 0.25) is 0 Å². The van der Waals surface area contributed by atoms with Crippen LogP contribution in [0.4, 0.5) is 0 Å². The highest BCUT2D eigenvalue weighted by atomic mass is 14.1. The van der Waals surface area contributed by atoms with Crippen molar-refractivity contribution >= 4 is 43.1 Å². The van der Waals surface area contributed by atoms with Crippen LogP contribution in [-0.4, -0.2) is 0 Å². The van der Waals surface area contributed by atoms with Crippen LogP contribution >= 0.6 is 0 Å². The zero-order chi connectivity index (χ0) is 23.3. The molecule has 0 fully saturated rings. The van der Waals surface area contributed by atoms with Gasteiger partial charge in [-0.15, -0.1) is 0 Å². The minimum Gasteiger partial charge on any atom is -0.0654 e. The van der Waals surface area contributed by atoms with Crippen LogP contribution in [0.5, 0.6) is 0 Å². The molecule has 0 amide bonds. The lowest BCUT2D eigenvalue weighted by Gasteiger charge is -2.15. The summed E-state index contributed by atoms with van der Waals surface area (Å²) in [6.45, 7) is 4.60. The number of benzene rings is 5. The summed E-state index contributed by atoms with van der Waals surface area (Å²) in [5.41, 5.74) is 3.21. The molecule has 0 heterocycles. The number of hydrogen-bond donors (Lipinski definition) is 0. The van der Waals surface area contributed by atoms with Crippen molar-refractivity contribution in [1.82, 2.24) is 0 Å². The van der Waals surface area contributed by atoms with E-state index < -0.39 is 0 Å². The molecule has 0 radical (unpaired) electrons. The Morgan fingerprint density at radius 2 is 0.971 bits per heavy atom. The topological polar surface area (TPSA) is 0 Å². The zero-order valence-corrected chi connectivity index (χ0v) is 21.0. The highest BCUT2D eigenvalue weighted by Crippen LogP contribution is 2.33. The standard InChI is InChI=1S/C34H38/c1-3-5-7-9-13-25-17-18-28-21-31-22-29-19-26-14-11-12-15-27(26)20-30(29)23-32(31)24-34(28)33(25)16-10-8-6-4-2/h11-12,14-15,17-24H,3-10,13,16H2,1-2H3. The number of aryl methyl sites for hydroxylation is 2. The minimum absolute atomic E-state index is 1.21. The smallest absolute Gasteiger partial charge is 0.0143 e. The quantitative estimate of drug-likeness (QED) is 0.148. The van der Waals surface area contributed by atoms with Gasteiger partial charge < -0.3 is 0 Å². The monoisotopic (exact) mass is 446 g/mol. The van der Waals surface area contributed by atoms with E-state index in [0.29, 0.717) is 0 Å². The molecule has 0 N–H and O–H groups in total. The Bertz CT molecular complexity index is 1420. The van der Waals surface area contributed by atoms with Crippen LogP contribution in [0, 0.1) is 0 Å². The molecule has 0 bridgehead atoms. The fraction of sp³-hybridized carbons (Fsp3) is 0.353. The summed E-state index contributed by atoms with van der Waals surface area (Å²) in [5, 5.41) is 10.9. The molecule has 0 aliphatic heterocycles. The lowest BCUT2D eigenvalue weighted by Crippen LogP contribution is -1.98. The Morgan fingerprint density at radius 3 is 1.59 bits per heavy atom. The average molecular weight is 447 g/mol. The van der Waals surface area contributed by atoms with Crippen LogP contribution in [0.15, 0.2) is 72.8 Å². The summed E-state index contributed by atoms with van der Waals surface area (Å²) in [5.74, 6) is 0. The molecule has 34 heavy (non-hydrogen) atoms. The molecular formula is C34H38. The molecule has 0 unspecified atom stereocenters. The van der Waals surface area contributed by atoms with Gasteiger partial charge in [0.2, 0.25) is 0 Å². The third-order valence-electron chi connectivity index (χ3n) is 7.59. The summed E-state index contributed by atoms with van der Waals surface area (Å²) in [6.07, 6.45) is 13.0. The van der Waals surface area contributed by atoms with E-state index >= 15 is 0 Å². The van der Waals surface area contributed by atoms with Gasteiger partial charge in [-0.25, -0.2) is 0 Å². The van der Waals surface area contributed by atoms with Crippen molar-refractivity contribution in [1.29, 1.82) is 0 Å². The maximum absolute atomic E-state index is 2.49. The molecule has 0 heteroatoms. The summed E-state index contributed by atoms with van der Waals surface area (Å²) >= 11 is 0. The Hall–Kier alpha value is -2.86. The minimum atomic E-state index is 1.21. The van der Waals surface area contributed by atoms with Gasteiger partial charge in [0, 0.05) is 0 Å². The van der Waals surface area contributed by atoms with Gasteiger partial charge in [-0.2, -0.15) is 0 Å². The first-order valence-corrected chi connectivity index (χ1v) is 13.6. The predicted molar refractivity (Wildman–Crippen MR) is 152 cm³/mol. The number of rotatable bonds is 10. The molecule has 5 aromatic rings. The van der Waals surface area contributed by atoms with Crippen molar-refractivity contribution in [2.75, 3.05) is 0 Å². The van der Waals surface area contributed by atoms with Gasteiger partial charge in [0.25, 0.3) is 0 Å². The molecule has 5 aromatic carbocycles. The van der Waals surface area contributed by atoms with Gasteiger partial charge in [-0.1, -0.05) is 88.8 Å². The van der Waals surface area contributed by atoms with E-state index in [-0.39, 0.29) is 0 Å². The molecule has 0 nitrogen and oxygen atoms in total. The third-order valence-corrected chi connectivity index (χ3v) is 7.59. The Kier molecular flexibility index (Phi) is 7.14. The molecule has 0 spiro atoms. The van der Waals surface area contributed by atoms with Crippen LogP contribution < -0.4 is 0 Å². The lowest BCUT2D eigenvalue weighted by molar-refractivity contribution is 0.652. The summed E-state index contributed by atoms with van der Waals surface area (Å²) in [7, 11) is 0. The molecule has 0 atom stereocenters. The van der Waals surface area contributed by atoms with E-state index in [0.717, 1.165) is 0 Å². The molecular weight excluding hydrogens is 408 g/mol. The highest BCUT2D eigenvalue weighted by Gasteiger charge is 2.10. The Morgan fingerprint density at radius 1 is 0.441 bits per heavy atom. The Balaban J connectivity index is 1.60. The third kappa shape index (κ3) is 4.83. The van der Waals surface area contributed by atoms with Gasteiger partial charge in [-0.3, -0.25) is 0 Å². The van der Waals surface area contributed by atoms with E-state index in [4.69, 9.17) is 0 Å². The van der Waals surface area contributed by atoms with Crippen LogP contribution in [0.1, 0.15) is 76.3 Å². The van der Waals surface area contributed by atoms with Gasteiger partial charge in [0.05, 0.1) is 0 Å². The van der Waals surface area contributed by atoms with Crippen molar-refractivity contribution < 1.29 is 0 Å². The summed E-state index contributed by atoms with van der Waals surface area (Å²) in [6, 6.07) is 27.9. The first-order valence-electron chi connectivity index (χ1n) is 13.6. The summed E-state index contributed by atoms with van der Waals surface area (Å²) < 4.78 is 0. The molecule has 174 valence electrons. The van der Waals surface area contributed by atoms with E-state index in [1.54, 1.807) is 11.1 Å². The van der Waals surface area contributed by atoms with Crippen LogP contribution in [-0.2, 0) is 12.8 Å². The van der Waals surface area contributed by atoms with Crippen molar-refractivity contribution in [3.63, 3.8) is 0 Å². The maximum Gasteiger partial charge on any atom is -0.0143 e. The first-order chi connectivity index (χ1) is 16.8. The van der Waals surface area contributed by atoms with Gasteiger partial charge in [0.15, 0.2) is 0 Å². The average Bonchev–Trinajstić information content (AvgIpc) is 2.86.